The van der Waals surface area contributed by atoms with Gasteiger partial charge in [0.05, 0.1) is 6.20 Å². The molecular weight excluding hydrogens is 486 g/mol. The SMILES string of the molecule is Cc1cc(C(C)C)c2cc(-c3nc(NC4CCN(S(=O)(=O)C(F)F)CC4)ncc3F)cc(F)c2n1. The van der Waals surface area contributed by atoms with Gasteiger partial charge in [-0.25, -0.2) is 27.2 Å². The number of pyridine rings is 1. The van der Waals surface area contributed by atoms with Gasteiger partial charge in [-0.05, 0) is 49.4 Å². The molecule has 0 aliphatic carbocycles. The smallest absolute Gasteiger partial charge is 0.350 e. The first-order chi connectivity index (χ1) is 16.5. The van der Waals surface area contributed by atoms with Crippen LogP contribution in [0.3, 0.4) is 0 Å². The Morgan fingerprint density at radius 3 is 2.37 bits per heavy atom. The largest absolute Gasteiger partial charge is 0.351 e. The van der Waals surface area contributed by atoms with E-state index in [4.69, 9.17) is 0 Å². The number of hydrogen-bond donors (Lipinski definition) is 1. The van der Waals surface area contributed by atoms with E-state index in [-0.39, 0.29) is 60.6 Å². The third kappa shape index (κ3) is 5.08. The molecule has 0 spiro atoms. The van der Waals surface area contributed by atoms with Crippen molar-refractivity contribution in [1.29, 1.82) is 0 Å². The number of nitrogens with one attached hydrogen (secondary N) is 1. The molecule has 0 atom stereocenters. The van der Waals surface area contributed by atoms with E-state index in [1.165, 1.54) is 6.07 Å². The fraction of sp³-hybridized carbons (Fsp3) is 0.435. The van der Waals surface area contributed by atoms with Gasteiger partial charge in [-0.2, -0.15) is 13.1 Å². The number of benzene rings is 1. The van der Waals surface area contributed by atoms with Crippen molar-refractivity contribution in [2.24, 2.45) is 0 Å². The summed E-state index contributed by atoms with van der Waals surface area (Å²) in [6.07, 6.45) is 1.46. The molecule has 1 N–H and O–H groups in total. The predicted octanol–water partition coefficient (Wildman–Crippen LogP) is 4.83. The minimum atomic E-state index is -4.63. The molecular formula is C23H25F4N5O2S. The highest BCUT2D eigenvalue weighted by Gasteiger charge is 2.35. The molecule has 1 aromatic carbocycles. The Hall–Kier alpha value is -2.86. The second-order valence-electron chi connectivity index (χ2n) is 8.88. The number of alkyl halides is 2. The predicted molar refractivity (Wildman–Crippen MR) is 125 cm³/mol. The Labute approximate surface area is 200 Å². The summed E-state index contributed by atoms with van der Waals surface area (Å²) in [7, 11) is -4.63. The molecule has 1 aliphatic rings. The van der Waals surface area contributed by atoms with Crippen LogP contribution in [0.15, 0.2) is 24.4 Å². The van der Waals surface area contributed by atoms with Gasteiger partial charge in [0.1, 0.15) is 17.0 Å². The number of piperidine rings is 1. The molecule has 3 heterocycles. The fourth-order valence-corrected chi connectivity index (χ4v) is 5.19. The van der Waals surface area contributed by atoms with Gasteiger partial charge in [-0.1, -0.05) is 13.8 Å². The lowest BCUT2D eigenvalue weighted by atomic mass is 9.95. The lowest BCUT2D eigenvalue weighted by Crippen LogP contribution is -2.44. The zero-order valence-electron chi connectivity index (χ0n) is 19.4. The van der Waals surface area contributed by atoms with Crippen LogP contribution in [0.4, 0.5) is 23.5 Å². The molecule has 3 aromatic rings. The zero-order valence-corrected chi connectivity index (χ0v) is 20.2. The van der Waals surface area contributed by atoms with E-state index < -0.39 is 27.4 Å². The Morgan fingerprint density at radius 2 is 1.74 bits per heavy atom. The first-order valence-electron chi connectivity index (χ1n) is 11.1. The Kier molecular flexibility index (Phi) is 6.96. The summed E-state index contributed by atoms with van der Waals surface area (Å²) in [5, 5.41) is 3.57. The van der Waals surface area contributed by atoms with E-state index >= 15 is 0 Å². The van der Waals surface area contributed by atoms with Crippen molar-refractivity contribution in [1.82, 2.24) is 19.3 Å². The topological polar surface area (TPSA) is 88.1 Å². The summed E-state index contributed by atoms with van der Waals surface area (Å²) < 4.78 is 79.3. The van der Waals surface area contributed by atoms with Crippen LogP contribution in [0, 0.1) is 18.6 Å². The van der Waals surface area contributed by atoms with Crippen molar-refractivity contribution in [3.8, 4) is 11.3 Å². The molecule has 2 aromatic heterocycles. The summed E-state index contributed by atoms with van der Waals surface area (Å²) in [6.45, 7) is 5.57. The molecule has 4 rings (SSSR count). The molecule has 12 heteroatoms. The van der Waals surface area contributed by atoms with Crippen molar-refractivity contribution in [2.75, 3.05) is 18.4 Å². The van der Waals surface area contributed by atoms with Gasteiger partial charge < -0.3 is 5.32 Å². The van der Waals surface area contributed by atoms with Crippen molar-refractivity contribution >= 4 is 26.9 Å². The van der Waals surface area contributed by atoms with Crippen LogP contribution in [-0.4, -0.2) is 52.6 Å². The van der Waals surface area contributed by atoms with Crippen molar-refractivity contribution in [3.05, 3.63) is 47.3 Å². The molecule has 188 valence electrons. The molecule has 0 saturated carbocycles. The summed E-state index contributed by atoms with van der Waals surface area (Å²) >= 11 is 0. The second-order valence-corrected chi connectivity index (χ2v) is 10.8. The molecule has 35 heavy (non-hydrogen) atoms. The van der Waals surface area contributed by atoms with Crippen LogP contribution in [-0.2, 0) is 10.0 Å². The molecule has 0 amide bonds. The highest BCUT2D eigenvalue weighted by Crippen LogP contribution is 2.32. The van der Waals surface area contributed by atoms with Gasteiger partial charge in [-0.15, -0.1) is 0 Å². The standard InChI is InChI=1S/C23H25F4N5O2S/c1-12(2)16-8-13(3)29-21-17(16)9-14(10-18(21)24)20-19(25)11-28-23(31-20)30-15-4-6-32(7-5-15)35(33,34)22(26)27/h8-12,15,22H,4-7H2,1-3H3,(H,28,30,31). The number of fused-ring (bicyclic) bond motifs is 1. The van der Waals surface area contributed by atoms with E-state index in [9.17, 15) is 26.0 Å². The van der Waals surface area contributed by atoms with Gasteiger partial charge in [0.25, 0.3) is 10.0 Å². The highest BCUT2D eigenvalue weighted by atomic mass is 32.2. The van der Waals surface area contributed by atoms with E-state index in [2.05, 4.69) is 20.3 Å². The summed E-state index contributed by atoms with van der Waals surface area (Å²) in [6, 6.07) is 4.41. The maximum Gasteiger partial charge on any atom is 0.350 e. The number of anilines is 1. The van der Waals surface area contributed by atoms with Crippen molar-refractivity contribution < 1.29 is 26.0 Å². The summed E-state index contributed by atoms with van der Waals surface area (Å²) in [5.74, 6) is -4.64. The third-order valence-electron chi connectivity index (χ3n) is 6.04. The number of hydrogen-bond acceptors (Lipinski definition) is 6. The first kappa shape index (κ1) is 25.2. The van der Waals surface area contributed by atoms with Gasteiger partial charge in [0, 0.05) is 35.8 Å². The number of sulfonamides is 1. The van der Waals surface area contributed by atoms with Crippen LogP contribution in [0.25, 0.3) is 22.2 Å². The van der Waals surface area contributed by atoms with E-state index in [1.807, 2.05) is 19.9 Å². The van der Waals surface area contributed by atoms with Crippen molar-refractivity contribution in [2.45, 2.75) is 51.3 Å². The normalized spacial score (nSPS) is 15.9. The number of aromatic nitrogens is 3. The lowest BCUT2D eigenvalue weighted by molar-refractivity contribution is 0.212. The Bertz CT molecular complexity index is 1360. The van der Waals surface area contributed by atoms with Crippen LogP contribution in [0.2, 0.25) is 0 Å². The molecule has 0 unspecified atom stereocenters. The van der Waals surface area contributed by atoms with Gasteiger partial charge in [0.15, 0.2) is 5.82 Å². The average Bonchev–Trinajstić information content (AvgIpc) is 2.80. The van der Waals surface area contributed by atoms with Gasteiger partial charge >= 0.3 is 5.76 Å². The molecule has 1 fully saturated rings. The molecule has 1 saturated heterocycles. The van der Waals surface area contributed by atoms with Gasteiger partial charge in [-0.3, -0.25) is 4.98 Å². The number of halogens is 4. The van der Waals surface area contributed by atoms with Crippen LogP contribution >= 0.6 is 0 Å². The zero-order chi connectivity index (χ0) is 25.5. The quantitative estimate of drug-likeness (QED) is 0.477. The van der Waals surface area contributed by atoms with Gasteiger partial charge in [0.2, 0.25) is 5.95 Å². The minimum Gasteiger partial charge on any atom is -0.351 e. The second kappa shape index (κ2) is 9.65. The van der Waals surface area contributed by atoms with Crippen LogP contribution < -0.4 is 5.32 Å². The average molecular weight is 512 g/mol. The summed E-state index contributed by atoms with van der Waals surface area (Å²) in [5.41, 5.74) is 1.89. The molecule has 0 radical (unpaired) electrons. The molecule has 1 aliphatic heterocycles. The fourth-order valence-electron chi connectivity index (χ4n) is 4.25. The third-order valence-corrected chi connectivity index (χ3v) is 7.57. The Morgan fingerprint density at radius 1 is 1.06 bits per heavy atom. The van der Waals surface area contributed by atoms with Crippen molar-refractivity contribution in [3.63, 3.8) is 0 Å². The maximum atomic E-state index is 15.0. The highest BCUT2D eigenvalue weighted by molar-refractivity contribution is 7.89. The first-order valence-corrected chi connectivity index (χ1v) is 12.6. The maximum absolute atomic E-state index is 15.0. The number of aryl methyl sites for hydroxylation is 1. The number of nitrogens with zero attached hydrogens (tertiary/aromatic N) is 4. The number of rotatable bonds is 6. The molecule has 0 bridgehead atoms. The Balaban J connectivity index is 1.61. The van der Waals surface area contributed by atoms with E-state index in [0.717, 1.165) is 16.1 Å². The lowest BCUT2D eigenvalue weighted by Gasteiger charge is -2.31. The van der Waals surface area contributed by atoms with Crippen LogP contribution in [0.5, 0.6) is 0 Å². The molecule has 7 nitrogen and oxygen atoms in total. The minimum absolute atomic E-state index is 0.0724. The summed E-state index contributed by atoms with van der Waals surface area (Å²) in [4.78, 5) is 12.5. The van der Waals surface area contributed by atoms with E-state index in [0.29, 0.717) is 11.1 Å². The van der Waals surface area contributed by atoms with E-state index in [1.54, 1.807) is 13.0 Å². The monoisotopic (exact) mass is 511 g/mol. The van der Waals surface area contributed by atoms with Crippen LogP contribution in [0.1, 0.15) is 43.9 Å².